The van der Waals surface area contributed by atoms with E-state index < -0.39 is 18.2 Å². The molecule has 0 aliphatic rings. The number of rotatable bonds is 10. The normalized spacial score (nSPS) is 10.4. The maximum absolute atomic E-state index is 12.4. The van der Waals surface area contributed by atoms with Crippen molar-refractivity contribution >= 4 is 18.2 Å². The van der Waals surface area contributed by atoms with Gasteiger partial charge in [0, 0.05) is 12.0 Å². The van der Waals surface area contributed by atoms with Crippen LogP contribution >= 0.6 is 0 Å². The Morgan fingerprint density at radius 1 is 1.05 bits per heavy atom. The number of carbonyl (C=O) groups is 3. The van der Waals surface area contributed by atoms with E-state index in [1.54, 1.807) is 31.2 Å². The van der Waals surface area contributed by atoms with E-state index in [-0.39, 0.29) is 19.7 Å². The van der Waals surface area contributed by atoms with Crippen molar-refractivity contribution in [3.05, 3.63) is 71.6 Å². The lowest BCUT2D eigenvalue weighted by atomic mass is 10.2. The highest BCUT2D eigenvalue weighted by atomic mass is 16.8. The quantitative estimate of drug-likeness (QED) is 0.317. The number of carbonyl (C=O) groups excluding carboxylic acids is 3. The number of hydroxylamine groups is 2. The number of hydrogen-bond donors (Lipinski definition) is 1. The number of esters is 1. The Kier molecular flexibility index (Phi) is 9.89. The molecule has 3 rings (SSSR count). The molecule has 1 aromatic heterocycles. The first kappa shape index (κ1) is 27.1. The van der Waals surface area contributed by atoms with Crippen molar-refractivity contribution in [1.29, 1.82) is 0 Å². The molecule has 0 radical (unpaired) electrons. The molecule has 1 N–H and O–H groups in total. The molecule has 0 saturated heterocycles. The van der Waals surface area contributed by atoms with Gasteiger partial charge < -0.3 is 28.8 Å². The Morgan fingerprint density at radius 2 is 1.78 bits per heavy atom. The van der Waals surface area contributed by atoms with Crippen LogP contribution in [-0.4, -0.2) is 55.1 Å². The van der Waals surface area contributed by atoms with Gasteiger partial charge in [-0.3, -0.25) is 4.79 Å². The fourth-order valence-electron chi connectivity index (χ4n) is 3.21. The van der Waals surface area contributed by atoms with Gasteiger partial charge in [-0.25, -0.2) is 14.6 Å². The van der Waals surface area contributed by atoms with E-state index in [1.165, 1.54) is 0 Å². The zero-order valence-corrected chi connectivity index (χ0v) is 20.9. The van der Waals surface area contributed by atoms with Crippen molar-refractivity contribution < 1.29 is 37.8 Å². The van der Waals surface area contributed by atoms with Crippen molar-refractivity contribution in [2.24, 2.45) is 0 Å². The minimum Gasteiger partial charge on any atom is -0.493 e. The summed E-state index contributed by atoms with van der Waals surface area (Å²) in [5, 5.41) is 3.08. The minimum atomic E-state index is -1.08. The minimum absolute atomic E-state index is 0.0928. The first-order valence-electron chi connectivity index (χ1n) is 11.6. The fraction of sp³-hybridized carbons (Fsp3) is 0.308. The molecule has 37 heavy (non-hydrogen) atoms. The summed E-state index contributed by atoms with van der Waals surface area (Å²) >= 11 is 0. The van der Waals surface area contributed by atoms with Crippen LogP contribution < -0.4 is 10.1 Å². The van der Waals surface area contributed by atoms with Crippen LogP contribution in [0.15, 0.2) is 59.0 Å². The Hall–Kier alpha value is -4.54. The number of urea groups is 1. The maximum Gasteiger partial charge on any atom is 0.533 e. The summed E-state index contributed by atoms with van der Waals surface area (Å²) in [6, 6.07) is 15.8. The number of aryl methyl sites for hydroxylation is 1. The number of ether oxygens (including phenoxy) is 3. The second-order valence-corrected chi connectivity index (χ2v) is 7.68. The van der Waals surface area contributed by atoms with Crippen LogP contribution in [0.1, 0.15) is 23.9 Å². The van der Waals surface area contributed by atoms with Crippen LogP contribution in [0.5, 0.6) is 5.75 Å². The molecule has 11 nitrogen and oxygen atoms in total. The van der Waals surface area contributed by atoms with E-state index in [0.717, 1.165) is 29.2 Å². The van der Waals surface area contributed by atoms with Crippen LogP contribution in [-0.2, 0) is 32.1 Å². The molecule has 3 aromatic rings. The van der Waals surface area contributed by atoms with Gasteiger partial charge in [-0.05, 0) is 43.7 Å². The van der Waals surface area contributed by atoms with Gasteiger partial charge >= 0.3 is 18.2 Å². The van der Waals surface area contributed by atoms with Crippen molar-refractivity contribution in [2.45, 2.75) is 26.8 Å². The van der Waals surface area contributed by atoms with E-state index in [0.29, 0.717) is 30.2 Å². The predicted molar refractivity (Wildman–Crippen MR) is 131 cm³/mol. The van der Waals surface area contributed by atoms with Crippen LogP contribution in [0.2, 0.25) is 0 Å². The van der Waals surface area contributed by atoms with Crippen LogP contribution in [0, 0.1) is 6.92 Å². The van der Waals surface area contributed by atoms with E-state index in [2.05, 4.69) is 15.0 Å². The van der Waals surface area contributed by atoms with E-state index in [4.69, 9.17) is 18.7 Å². The number of nitrogens with one attached hydrogen (secondary N) is 1. The van der Waals surface area contributed by atoms with Crippen molar-refractivity contribution in [2.75, 3.05) is 26.9 Å². The summed E-state index contributed by atoms with van der Waals surface area (Å²) in [6.45, 7) is 3.61. The highest BCUT2D eigenvalue weighted by Gasteiger charge is 2.21. The third-order valence-corrected chi connectivity index (χ3v) is 5.04. The Balaban J connectivity index is 1.54. The Labute approximate surface area is 214 Å². The molecule has 0 aliphatic carbocycles. The molecule has 2 aromatic carbocycles. The number of aromatic nitrogens is 1. The second kappa shape index (κ2) is 13.5. The lowest BCUT2D eigenvalue weighted by Gasteiger charge is -2.20. The fourth-order valence-corrected chi connectivity index (χ4v) is 3.21. The molecule has 0 spiro atoms. The molecule has 0 saturated carbocycles. The Morgan fingerprint density at radius 3 is 2.46 bits per heavy atom. The van der Waals surface area contributed by atoms with Crippen LogP contribution in [0.3, 0.4) is 0 Å². The smallest absolute Gasteiger partial charge is 0.493 e. The van der Waals surface area contributed by atoms with Gasteiger partial charge in [-0.1, -0.05) is 30.3 Å². The third kappa shape index (κ3) is 8.27. The lowest BCUT2D eigenvalue weighted by Crippen LogP contribution is -2.43. The lowest BCUT2D eigenvalue weighted by molar-refractivity contribution is -0.142. The molecule has 2 amide bonds. The second-order valence-electron chi connectivity index (χ2n) is 7.68. The standard InChI is InChI=1S/C26H29N3O8/c1-4-34-23(30)16-27-25(31)29(37-26(32)33-3)17-19-10-12-21(13-11-19)35-15-14-22-18(2)36-24(28-22)20-8-6-5-7-9-20/h5-13H,4,14-17H2,1-3H3,(H,27,31). The number of oxazole rings is 1. The number of hydrogen-bond acceptors (Lipinski definition) is 9. The van der Waals surface area contributed by atoms with Gasteiger partial charge in [0.25, 0.3) is 0 Å². The van der Waals surface area contributed by atoms with Crippen molar-refractivity contribution in [3.8, 4) is 17.2 Å². The molecule has 0 atom stereocenters. The predicted octanol–water partition coefficient (Wildman–Crippen LogP) is 4.04. The van der Waals surface area contributed by atoms with Crippen LogP contribution in [0.4, 0.5) is 9.59 Å². The largest absolute Gasteiger partial charge is 0.533 e. The third-order valence-electron chi connectivity index (χ3n) is 5.04. The van der Waals surface area contributed by atoms with Gasteiger partial charge in [0.15, 0.2) is 0 Å². The van der Waals surface area contributed by atoms with Gasteiger partial charge in [0.05, 0.1) is 32.6 Å². The average molecular weight is 512 g/mol. The summed E-state index contributed by atoms with van der Waals surface area (Å²) < 4.78 is 20.8. The molecular formula is C26H29N3O8. The average Bonchev–Trinajstić information content (AvgIpc) is 3.28. The van der Waals surface area contributed by atoms with Gasteiger partial charge in [0.1, 0.15) is 18.1 Å². The van der Waals surface area contributed by atoms with E-state index in [1.807, 2.05) is 37.3 Å². The maximum atomic E-state index is 12.4. The Bertz CT molecular complexity index is 1180. The zero-order chi connectivity index (χ0) is 26.6. The summed E-state index contributed by atoms with van der Waals surface area (Å²) in [5.74, 6) is 1.31. The van der Waals surface area contributed by atoms with Crippen molar-refractivity contribution in [3.63, 3.8) is 0 Å². The highest BCUT2D eigenvalue weighted by Crippen LogP contribution is 2.22. The van der Waals surface area contributed by atoms with Crippen LogP contribution in [0.25, 0.3) is 11.5 Å². The highest BCUT2D eigenvalue weighted by molar-refractivity contribution is 5.81. The van der Waals surface area contributed by atoms with E-state index >= 15 is 0 Å². The first-order chi connectivity index (χ1) is 17.9. The SMILES string of the molecule is CCOC(=O)CNC(=O)N(Cc1ccc(OCCc2nc(-c3ccccc3)oc2C)cc1)OC(=O)OC. The van der Waals surface area contributed by atoms with E-state index in [9.17, 15) is 14.4 Å². The van der Waals surface area contributed by atoms with Crippen molar-refractivity contribution in [1.82, 2.24) is 15.4 Å². The molecule has 1 heterocycles. The van der Waals surface area contributed by atoms with Gasteiger partial charge in [0.2, 0.25) is 5.89 Å². The van der Waals surface area contributed by atoms with Gasteiger partial charge in [-0.15, -0.1) is 5.06 Å². The summed E-state index contributed by atoms with van der Waals surface area (Å²) in [5.41, 5.74) is 2.37. The first-order valence-corrected chi connectivity index (χ1v) is 11.6. The number of benzene rings is 2. The monoisotopic (exact) mass is 511 g/mol. The molecular weight excluding hydrogens is 482 g/mol. The number of amides is 2. The van der Waals surface area contributed by atoms with Gasteiger partial charge in [-0.2, -0.15) is 0 Å². The molecule has 0 aliphatic heterocycles. The molecule has 0 unspecified atom stereocenters. The summed E-state index contributed by atoms with van der Waals surface area (Å²) in [7, 11) is 1.12. The molecule has 0 bridgehead atoms. The number of nitrogens with zero attached hydrogens (tertiary/aromatic N) is 2. The molecule has 196 valence electrons. The summed E-state index contributed by atoms with van der Waals surface area (Å²) in [6.07, 6.45) is -0.518. The summed E-state index contributed by atoms with van der Waals surface area (Å²) in [4.78, 5) is 44.9. The topological polar surface area (TPSA) is 129 Å². The molecule has 11 heteroatoms. The zero-order valence-electron chi connectivity index (χ0n) is 20.9. The molecule has 0 fully saturated rings. The number of methoxy groups -OCH3 is 1.